The molecule has 0 N–H and O–H groups in total. The van der Waals surface area contributed by atoms with Gasteiger partial charge in [0.1, 0.15) is 0 Å². The van der Waals surface area contributed by atoms with Crippen LogP contribution in [0.3, 0.4) is 0 Å². The Morgan fingerprint density at radius 2 is 1.00 bits per heavy atom. The van der Waals surface area contributed by atoms with Gasteiger partial charge in [0.2, 0.25) is 0 Å². The second-order valence-electron chi connectivity index (χ2n) is 5.76. The molecule has 0 atom stereocenters. The van der Waals surface area contributed by atoms with Gasteiger partial charge in [-0.25, -0.2) is 0 Å². The van der Waals surface area contributed by atoms with Crippen molar-refractivity contribution < 1.29 is 0 Å². The first-order valence-corrected chi connectivity index (χ1v) is 7.45. The lowest BCUT2D eigenvalue weighted by Gasteiger charge is -2.08. The topological polar surface area (TPSA) is 25.8 Å². The predicted molar refractivity (Wildman–Crippen MR) is 90.7 cm³/mol. The van der Waals surface area contributed by atoms with Crippen molar-refractivity contribution in [3.8, 4) is 22.3 Å². The van der Waals surface area contributed by atoms with Crippen molar-refractivity contribution in [2.45, 2.75) is 27.7 Å². The summed E-state index contributed by atoms with van der Waals surface area (Å²) in [5, 5.41) is 0. The number of aryl methyl sites for hydroxylation is 4. The van der Waals surface area contributed by atoms with Gasteiger partial charge in [-0.2, -0.15) is 0 Å². The van der Waals surface area contributed by atoms with Gasteiger partial charge in [0.25, 0.3) is 0 Å². The predicted octanol–water partition coefficient (Wildman–Crippen LogP) is 4.84. The lowest BCUT2D eigenvalue weighted by atomic mass is 9.98. The summed E-state index contributed by atoms with van der Waals surface area (Å²) in [6.45, 7) is 8.09. The molecule has 0 aliphatic rings. The quantitative estimate of drug-likeness (QED) is 0.673. The van der Waals surface area contributed by atoms with Crippen molar-refractivity contribution in [1.82, 2.24) is 9.97 Å². The van der Waals surface area contributed by atoms with E-state index in [0.717, 1.165) is 45.0 Å². The molecule has 2 aromatic heterocycles. The van der Waals surface area contributed by atoms with Crippen molar-refractivity contribution in [3.05, 3.63) is 71.3 Å². The normalized spacial score (nSPS) is 10.7. The zero-order valence-corrected chi connectivity index (χ0v) is 13.4. The first-order valence-electron chi connectivity index (χ1n) is 7.45. The van der Waals surface area contributed by atoms with Crippen LogP contribution in [0, 0.1) is 33.8 Å². The van der Waals surface area contributed by atoms with Gasteiger partial charge >= 0.3 is 0 Å². The highest BCUT2D eigenvalue weighted by atomic mass is 14.7. The largest absolute Gasteiger partial charge is 0.258 e. The van der Waals surface area contributed by atoms with Crippen molar-refractivity contribution >= 4 is 0 Å². The Labute approximate surface area is 131 Å². The highest BCUT2D eigenvalue weighted by Gasteiger charge is 2.05. The zero-order chi connectivity index (χ0) is 15.7. The highest BCUT2D eigenvalue weighted by molar-refractivity contribution is 5.72. The van der Waals surface area contributed by atoms with E-state index in [0.29, 0.717) is 0 Å². The number of hydrogen-bond acceptors (Lipinski definition) is 2. The maximum absolute atomic E-state index is 4.44. The summed E-state index contributed by atoms with van der Waals surface area (Å²) in [6.07, 6.45) is 0. The van der Waals surface area contributed by atoms with E-state index in [1.54, 1.807) is 0 Å². The van der Waals surface area contributed by atoms with Gasteiger partial charge in [0.15, 0.2) is 0 Å². The molecule has 0 spiro atoms. The first-order chi connectivity index (χ1) is 10.5. The van der Waals surface area contributed by atoms with Crippen LogP contribution in [0.4, 0.5) is 0 Å². The van der Waals surface area contributed by atoms with Crippen LogP contribution in [0.25, 0.3) is 22.3 Å². The van der Waals surface area contributed by atoms with Gasteiger partial charge in [0, 0.05) is 22.8 Å². The van der Waals surface area contributed by atoms with Crippen LogP contribution in [0.1, 0.15) is 22.8 Å². The summed E-state index contributed by atoms with van der Waals surface area (Å²) in [4.78, 5) is 8.88. The molecule has 1 aromatic carbocycles. The van der Waals surface area contributed by atoms with E-state index >= 15 is 0 Å². The summed E-state index contributed by atoms with van der Waals surface area (Å²) in [5.41, 5.74) is 8.64. The molecule has 0 aliphatic heterocycles. The van der Waals surface area contributed by atoms with Gasteiger partial charge < -0.3 is 0 Å². The second-order valence-corrected chi connectivity index (χ2v) is 5.76. The maximum atomic E-state index is 4.44. The zero-order valence-electron chi connectivity index (χ0n) is 13.4. The molecule has 0 amide bonds. The molecule has 0 fully saturated rings. The maximum Gasteiger partial charge on any atom is 0.0382 e. The van der Waals surface area contributed by atoms with E-state index in [9.17, 15) is 0 Å². The highest BCUT2D eigenvalue weighted by Crippen LogP contribution is 2.27. The Kier molecular flexibility index (Phi) is 3.76. The average Bonchev–Trinajstić information content (AvgIpc) is 2.45. The van der Waals surface area contributed by atoms with Gasteiger partial charge in [-0.1, -0.05) is 18.2 Å². The van der Waals surface area contributed by atoms with Crippen LogP contribution in [0.5, 0.6) is 0 Å². The Hall–Kier alpha value is -2.48. The second kappa shape index (κ2) is 5.72. The van der Waals surface area contributed by atoms with Gasteiger partial charge in [-0.3, -0.25) is 9.97 Å². The first kappa shape index (κ1) is 14.5. The van der Waals surface area contributed by atoms with Gasteiger partial charge in [-0.05, 0) is 80.3 Å². The molecule has 0 aliphatic carbocycles. The van der Waals surface area contributed by atoms with Crippen LogP contribution in [0.2, 0.25) is 0 Å². The summed E-state index contributed by atoms with van der Waals surface area (Å²) in [7, 11) is 0. The molecule has 2 heterocycles. The minimum Gasteiger partial charge on any atom is -0.258 e. The van der Waals surface area contributed by atoms with Gasteiger partial charge in [-0.15, -0.1) is 0 Å². The average molecular weight is 287 g/mol. The molecule has 0 unspecified atom stereocenters. The van der Waals surface area contributed by atoms with E-state index in [-0.39, 0.29) is 0 Å². The summed E-state index contributed by atoms with van der Waals surface area (Å²) >= 11 is 0. The Morgan fingerprint density at radius 1 is 0.636 bits per heavy atom. The minimum absolute atomic E-state index is 1.03. The van der Waals surface area contributed by atoms with E-state index in [4.69, 9.17) is 0 Å². The van der Waals surface area contributed by atoms with Crippen LogP contribution in [0.15, 0.2) is 42.5 Å². The third-order valence-electron chi connectivity index (χ3n) is 3.58. The Morgan fingerprint density at radius 3 is 1.36 bits per heavy atom. The number of pyridine rings is 2. The SMILES string of the molecule is Cc1cc(-c2[c]c(-c3cc(C)nc(C)c3)ccc2)cc(C)n1. The fourth-order valence-corrected chi connectivity index (χ4v) is 2.79. The molecular formula is C20H19N2. The molecular weight excluding hydrogens is 268 g/mol. The molecule has 0 saturated heterocycles. The summed E-state index contributed by atoms with van der Waals surface area (Å²) in [5.74, 6) is 0. The van der Waals surface area contributed by atoms with Crippen LogP contribution in [-0.4, -0.2) is 9.97 Å². The van der Waals surface area contributed by atoms with E-state index < -0.39 is 0 Å². The van der Waals surface area contributed by atoms with Crippen molar-refractivity contribution in [3.63, 3.8) is 0 Å². The third-order valence-corrected chi connectivity index (χ3v) is 3.58. The van der Waals surface area contributed by atoms with Crippen LogP contribution in [-0.2, 0) is 0 Å². The molecule has 0 saturated carbocycles. The number of hydrogen-bond donors (Lipinski definition) is 0. The molecule has 3 rings (SSSR count). The Balaban J connectivity index is 2.09. The minimum atomic E-state index is 1.03. The number of benzene rings is 1. The number of aromatic nitrogens is 2. The fourth-order valence-electron chi connectivity index (χ4n) is 2.79. The van der Waals surface area contributed by atoms with Crippen molar-refractivity contribution in [2.75, 3.05) is 0 Å². The van der Waals surface area contributed by atoms with Crippen LogP contribution < -0.4 is 0 Å². The smallest absolute Gasteiger partial charge is 0.0382 e. The molecule has 22 heavy (non-hydrogen) atoms. The molecule has 0 bridgehead atoms. The van der Waals surface area contributed by atoms with Gasteiger partial charge in [0.05, 0.1) is 0 Å². The monoisotopic (exact) mass is 287 g/mol. The Bertz CT molecular complexity index is 728. The summed E-state index contributed by atoms with van der Waals surface area (Å²) in [6, 6.07) is 18.2. The number of rotatable bonds is 2. The van der Waals surface area contributed by atoms with E-state index in [1.807, 2.05) is 27.7 Å². The molecule has 2 heteroatoms. The molecule has 109 valence electrons. The van der Waals surface area contributed by atoms with Crippen molar-refractivity contribution in [1.29, 1.82) is 0 Å². The van der Waals surface area contributed by atoms with E-state index in [2.05, 4.69) is 58.5 Å². The molecule has 1 radical (unpaired) electrons. The summed E-state index contributed by atoms with van der Waals surface area (Å²) < 4.78 is 0. The standard InChI is InChI=1S/C20H19N2/c1-13-8-19(9-14(2)21-13)17-6-5-7-18(12-17)20-10-15(3)22-16(4)11-20/h5-11H,1-4H3. The van der Waals surface area contributed by atoms with Crippen LogP contribution >= 0.6 is 0 Å². The molecule has 3 aromatic rings. The van der Waals surface area contributed by atoms with Crippen molar-refractivity contribution in [2.24, 2.45) is 0 Å². The third kappa shape index (κ3) is 3.06. The fraction of sp³-hybridized carbons (Fsp3) is 0.200. The lowest BCUT2D eigenvalue weighted by Crippen LogP contribution is -1.90. The molecule has 2 nitrogen and oxygen atoms in total. The van der Waals surface area contributed by atoms with E-state index in [1.165, 1.54) is 0 Å². The number of nitrogens with zero attached hydrogens (tertiary/aromatic N) is 2. The lowest BCUT2D eigenvalue weighted by molar-refractivity contribution is 1.12.